The zero-order valence-corrected chi connectivity index (χ0v) is 6.58. The molecular weight excluding hydrogens is 157 g/mol. The Hall–Kier alpha value is -1.58. The van der Waals surface area contributed by atoms with E-state index in [9.17, 15) is 4.39 Å². The highest BCUT2D eigenvalue weighted by Crippen LogP contribution is 2.19. The van der Waals surface area contributed by atoms with Crippen molar-refractivity contribution in [3.8, 4) is 0 Å². The molecule has 62 valence electrons. The van der Waals surface area contributed by atoms with Crippen molar-refractivity contribution in [2.75, 3.05) is 5.73 Å². The molecule has 1 aromatic carbocycles. The lowest BCUT2D eigenvalue weighted by atomic mass is 10.2. The Morgan fingerprint density at radius 3 is 3.00 bits per heavy atom. The highest BCUT2D eigenvalue weighted by atomic mass is 19.1. The van der Waals surface area contributed by atoms with Crippen molar-refractivity contribution in [3.05, 3.63) is 24.0 Å². The van der Waals surface area contributed by atoms with E-state index in [-0.39, 0.29) is 5.82 Å². The van der Waals surface area contributed by atoms with Gasteiger partial charge in [0.2, 0.25) is 0 Å². The molecule has 12 heavy (non-hydrogen) atoms. The third-order valence-electron chi connectivity index (χ3n) is 1.84. The van der Waals surface area contributed by atoms with Crippen LogP contribution in [0.25, 0.3) is 10.9 Å². The molecule has 2 rings (SSSR count). The lowest BCUT2D eigenvalue weighted by Gasteiger charge is -1.92. The summed E-state index contributed by atoms with van der Waals surface area (Å²) in [5.74, 6) is 0.0780. The second-order valence-electron chi connectivity index (χ2n) is 2.67. The Bertz CT molecular complexity index is 433. The summed E-state index contributed by atoms with van der Waals surface area (Å²) in [6.07, 6.45) is 0. The molecule has 0 aliphatic rings. The molecule has 0 amide bonds. The number of aromatic nitrogens is 2. The number of halogens is 1. The van der Waals surface area contributed by atoms with Crippen LogP contribution in [0.1, 0.15) is 0 Å². The van der Waals surface area contributed by atoms with Crippen LogP contribution in [-0.2, 0) is 7.05 Å². The van der Waals surface area contributed by atoms with E-state index in [0.29, 0.717) is 11.2 Å². The monoisotopic (exact) mass is 165 g/mol. The van der Waals surface area contributed by atoms with E-state index >= 15 is 0 Å². The molecule has 0 aliphatic heterocycles. The lowest BCUT2D eigenvalue weighted by molar-refractivity contribution is 0.629. The summed E-state index contributed by atoms with van der Waals surface area (Å²) in [5.41, 5.74) is 6.39. The summed E-state index contributed by atoms with van der Waals surface area (Å²) in [7, 11) is 1.77. The zero-order valence-electron chi connectivity index (χ0n) is 6.58. The number of anilines is 1. The Morgan fingerprint density at radius 2 is 2.25 bits per heavy atom. The summed E-state index contributed by atoms with van der Waals surface area (Å²) >= 11 is 0. The minimum absolute atomic E-state index is 0.290. The second-order valence-corrected chi connectivity index (χ2v) is 2.67. The molecule has 0 radical (unpaired) electrons. The van der Waals surface area contributed by atoms with Crippen molar-refractivity contribution in [2.24, 2.45) is 7.05 Å². The fraction of sp³-hybridized carbons (Fsp3) is 0.125. The fourth-order valence-corrected chi connectivity index (χ4v) is 1.26. The van der Waals surface area contributed by atoms with Crippen LogP contribution in [-0.4, -0.2) is 9.78 Å². The van der Waals surface area contributed by atoms with E-state index < -0.39 is 0 Å². The minimum Gasteiger partial charge on any atom is -0.382 e. The largest absolute Gasteiger partial charge is 0.382 e. The first kappa shape index (κ1) is 7.09. The number of nitrogens with zero attached hydrogens (tertiary/aromatic N) is 2. The van der Waals surface area contributed by atoms with Gasteiger partial charge in [0.05, 0.1) is 5.52 Å². The molecule has 0 fully saturated rings. The summed E-state index contributed by atoms with van der Waals surface area (Å²) in [6.45, 7) is 0. The van der Waals surface area contributed by atoms with Gasteiger partial charge in [0.15, 0.2) is 5.82 Å². The Morgan fingerprint density at radius 1 is 1.50 bits per heavy atom. The van der Waals surface area contributed by atoms with E-state index in [1.165, 1.54) is 12.1 Å². The predicted octanol–water partition coefficient (Wildman–Crippen LogP) is 1.29. The third kappa shape index (κ3) is 0.845. The Kier molecular flexibility index (Phi) is 1.30. The van der Waals surface area contributed by atoms with E-state index in [0.717, 1.165) is 5.52 Å². The van der Waals surface area contributed by atoms with Gasteiger partial charge in [0.25, 0.3) is 0 Å². The third-order valence-corrected chi connectivity index (χ3v) is 1.84. The van der Waals surface area contributed by atoms with E-state index in [1.807, 2.05) is 0 Å². The van der Waals surface area contributed by atoms with Crippen LogP contribution in [0, 0.1) is 5.82 Å². The number of nitrogens with two attached hydrogens (primary N) is 1. The number of benzene rings is 1. The van der Waals surface area contributed by atoms with Gasteiger partial charge < -0.3 is 5.73 Å². The zero-order chi connectivity index (χ0) is 8.72. The Balaban J connectivity index is 2.90. The number of rotatable bonds is 0. The molecule has 0 atom stereocenters. The highest BCUT2D eigenvalue weighted by molar-refractivity contribution is 5.88. The van der Waals surface area contributed by atoms with Crippen LogP contribution in [0.2, 0.25) is 0 Å². The first-order chi connectivity index (χ1) is 5.68. The molecule has 0 aliphatic carbocycles. The van der Waals surface area contributed by atoms with Crippen LogP contribution in [0.4, 0.5) is 10.2 Å². The maximum Gasteiger partial charge on any atom is 0.153 e. The van der Waals surface area contributed by atoms with Gasteiger partial charge in [0, 0.05) is 12.4 Å². The summed E-state index contributed by atoms with van der Waals surface area (Å²) in [4.78, 5) is 0. The van der Waals surface area contributed by atoms with E-state index in [4.69, 9.17) is 5.73 Å². The molecule has 0 saturated heterocycles. The number of aryl methyl sites for hydroxylation is 1. The SMILES string of the molecule is Cn1nc(N)c2cc(F)ccc21. The first-order valence-electron chi connectivity index (χ1n) is 3.56. The van der Waals surface area contributed by atoms with Crippen molar-refractivity contribution in [1.29, 1.82) is 0 Å². The van der Waals surface area contributed by atoms with E-state index in [2.05, 4.69) is 5.10 Å². The smallest absolute Gasteiger partial charge is 0.153 e. The van der Waals surface area contributed by atoms with Crippen molar-refractivity contribution in [1.82, 2.24) is 9.78 Å². The van der Waals surface area contributed by atoms with Crippen molar-refractivity contribution >= 4 is 16.7 Å². The fourth-order valence-electron chi connectivity index (χ4n) is 1.26. The quantitative estimate of drug-likeness (QED) is 0.639. The van der Waals surface area contributed by atoms with Crippen molar-refractivity contribution < 1.29 is 4.39 Å². The van der Waals surface area contributed by atoms with Crippen molar-refractivity contribution in [2.45, 2.75) is 0 Å². The molecule has 4 heteroatoms. The molecular formula is C8H8FN3. The van der Waals surface area contributed by atoms with Gasteiger partial charge in [-0.2, -0.15) is 5.10 Å². The number of hydrogen-bond acceptors (Lipinski definition) is 2. The second kappa shape index (κ2) is 2.20. The normalized spacial score (nSPS) is 10.8. The summed E-state index contributed by atoms with van der Waals surface area (Å²) < 4.78 is 14.4. The molecule has 1 heterocycles. The molecule has 2 aromatic rings. The molecule has 0 unspecified atom stereocenters. The van der Waals surface area contributed by atoms with Gasteiger partial charge in [-0.15, -0.1) is 0 Å². The van der Waals surface area contributed by atoms with Gasteiger partial charge in [-0.1, -0.05) is 0 Å². The molecule has 0 spiro atoms. The average Bonchev–Trinajstić information content (AvgIpc) is 2.28. The highest BCUT2D eigenvalue weighted by Gasteiger charge is 2.05. The van der Waals surface area contributed by atoms with Gasteiger partial charge in [0.1, 0.15) is 5.82 Å². The molecule has 0 saturated carbocycles. The van der Waals surface area contributed by atoms with Crippen LogP contribution in [0.3, 0.4) is 0 Å². The van der Waals surface area contributed by atoms with Crippen LogP contribution in [0.15, 0.2) is 18.2 Å². The minimum atomic E-state index is -0.290. The molecule has 1 aromatic heterocycles. The summed E-state index contributed by atoms with van der Waals surface area (Å²) in [5, 5.41) is 4.62. The number of nitrogen functional groups attached to an aromatic ring is 1. The van der Waals surface area contributed by atoms with Crippen molar-refractivity contribution in [3.63, 3.8) is 0 Å². The van der Waals surface area contributed by atoms with Crippen LogP contribution in [0.5, 0.6) is 0 Å². The van der Waals surface area contributed by atoms with Gasteiger partial charge >= 0.3 is 0 Å². The van der Waals surface area contributed by atoms with Crippen LogP contribution >= 0.6 is 0 Å². The predicted molar refractivity (Wildman–Crippen MR) is 45.1 cm³/mol. The molecule has 3 nitrogen and oxygen atoms in total. The van der Waals surface area contributed by atoms with E-state index in [1.54, 1.807) is 17.8 Å². The standard InChI is InChI=1S/C8H8FN3/c1-12-7-3-2-5(9)4-6(7)8(10)11-12/h2-4H,1H3,(H2,10,11). The topological polar surface area (TPSA) is 43.8 Å². The Labute approximate surface area is 68.6 Å². The molecule has 0 bridgehead atoms. The summed E-state index contributed by atoms with van der Waals surface area (Å²) in [6, 6.07) is 4.44. The average molecular weight is 165 g/mol. The first-order valence-corrected chi connectivity index (χ1v) is 3.56. The maximum absolute atomic E-state index is 12.7. The lowest BCUT2D eigenvalue weighted by Crippen LogP contribution is -1.91. The van der Waals surface area contributed by atoms with Gasteiger partial charge in [-0.3, -0.25) is 4.68 Å². The van der Waals surface area contributed by atoms with Gasteiger partial charge in [-0.25, -0.2) is 4.39 Å². The number of fused-ring (bicyclic) bond motifs is 1. The van der Waals surface area contributed by atoms with Gasteiger partial charge in [-0.05, 0) is 18.2 Å². The number of hydrogen-bond donors (Lipinski definition) is 1. The van der Waals surface area contributed by atoms with Crippen LogP contribution < -0.4 is 5.73 Å². The maximum atomic E-state index is 12.7. The molecule has 2 N–H and O–H groups in total.